The van der Waals surface area contributed by atoms with Crippen LogP contribution in [0.2, 0.25) is 0 Å². The maximum absolute atomic E-state index is 6.14. The summed E-state index contributed by atoms with van der Waals surface area (Å²) in [5, 5.41) is 3.48. The van der Waals surface area contributed by atoms with Crippen LogP contribution in [0.25, 0.3) is 5.57 Å². The summed E-state index contributed by atoms with van der Waals surface area (Å²) in [6.07, 6.45) is 3.45. The molecule has 0 aliphatic carbocycles. The topological polar surface area (TPSA) is 21.3 Å². The molecule has 1 atom stereocenters. The molecule has 0 saturated carbocycles. The van der Waals surface area contributed by atoms with E-state index >= 15 is 0 Å². The zero-order valence-electron chi connectivity index (χ0n) is 13.8. The van der Waals surface area contributed by atoms with Crippen LogP contribution in [0, 0.1) is 0 Å². The van der Waals surface area contributed by atoms with Crippen molar-refractivity contribution in [2.45, 2.75) is 32.2 Å². The molecular formula is C21H25NO. The molecule has 3 rings (SSSR count). The van der Waals surface area contributed by atoms with Crippen LogP contribution in [0.3, 0.4) is 0 Å². The lowest BCUT2D eigenvalue weighted by Crippen LogP contribution is -2.28. The molecule has 2 heteroatoms. The molecule has 0 aromatic heterocycles. The van der Waals surface area contributed by atoms with Gasteiger partial charge in [-0.3, -0.25) is 0 Å². The Morgan fingerprint density at radius 3 is 2.74 bits per heavy atom. The van der Waals surface area contributed by atoms with E-state index in [1.165, 1.54) is 18.4 Å². The van der Waals surface area contributed by atoms with Gasteiger partial charge < -0.3 is 10.1 Å². The van der Waals surface area contributed by atoms with Crippen molar-refractivity contribution in [2.75, 3.05) is 13.2 Å². The van der Waals surface area contributed by atoms with Gasteiger partial charge in [0.1, 0.15) is 12.4 Å². The van der Waals surface area contributed by atoms with Crippen molar-refractivity contribution >= 4 is 5.57 Å². The van der Waals surface area contributed by atoms with Crippen LogP contribution in [0.5, 0.6) is 5.75 Å². The molecule has 1 aliphatic rings. The van der Waals surface area contributed by atoms with Gasteiger partial charge in [-0.05, 0) is 54.6 Å². The van der Waals surface area contributed by atoms with Gasteiger partial charge in [0.25, 0.3) is 0 Å². The summed E-state index contributed by atoms with van der Waals surface area (Å²) in [6.45, 7) is 8.32. The number of ether oxygens (including phenoxy) is 1. The third-order valence-electron chi connectivity index (χ3n) is 4.50. The van der Waals surface area contributed by atoms with Crippen molar-refractivity contribution < 1.29 is 4.74 Å². The Hall–Kier alpha value is -2.06. The van der Waals surface area contributed by atoms with E-state index in [9.17, 15) is 0 Å². The Kier molecular flexibility index (Phi) is 5.14. The molecule has 2 aromatic carbocycles. The summed E-state index contributed by atoms with van der Waals surface area (Å²) in [4.78, 5) is 0. The minimum absolute atomic E-state index is 0.471. The Balaban J connectivity index is 1.84. The van der Waals surface area contributed by atoms with E-state index < -0.39 is 0 Å². The summed E-state index contributed by atoms with van der Waals surface area (Å²) in [5.74, 6) is 0.935. The molecule has 1 heterocycles. The second kappa shape index (κ2) is 7.47. The third-order valence-corrected chi connectivity index (χ3v) is 4.50. The predicted octanol–water partition coefficient (Wildman–Crippen LogP) is 4.44. The molecule has 1 unspecified atom stereocenters. The van der Waals surface area contributed by atoms with Gasteiger partial charge in [-0.2, -0.15) is 0 Å². The van der Waals surface area contributed by atoms with Gasteiger partial charge in [-0.1, -0.05) is 49.9 Å². The van der Waals surface area contributed by atoms with Crippen molar-refractivity contribution in [3.05, 3.63) is 71.8 Å². The van der Waals surface area contributed by atoms with Gasteiger partial charge in [-0.25, -0.2) is 0 Å². The maximum Gasteiger partial charge on any atom is 0.127 e. The molecule has 0 radical (unpaired) electrons. The average molecular weight is 307 g/mol. The van der Waals surface area contributed by atoms with Gasteiger partial charge in [0.05, 0.1) is 0 Å². The predicted molar refractivity (Wildman–Crippen MR) is 96.9 cm³/mol. The Labute approximate surface area is 139 Å². The van der Waals surface area contributed by atoms with Gasteiger partial charge in [0.2, 0.25) is 0 Å². The number of nitrogens with one attached hydrogen (secondary N) is 1. The number of benzene rings is 2. The Bertz CT molecular complexity index is 657. The first-order chi connectivity index (χ1) is 11.3. The third kappa shape index (κ3) is 3.83. The second-order valence-corrected chi connectivity index (χ2v) is 6.13. The van der Waals surface area contributed by atoms with E-state index in [0.29, 0.717) is 6.04 Å². The van der Waals surface area contributed by atoms with Crippen molar-refractivity contribution in [3.63, 3.8) is 0 Å². The van der Waals surface area contributed by atoms with Crippen LogP contribution in [0.1, 0.15) is 36.5 Å². The molecule has 120 valence electrons. The molecule has 0 bridgehead atoms. The number of hydrogen-bond donors (Lipinski definition) is 1. The highest BCUT2D eigenvalue weighted by molar-refractivity contribution is 5.81. The van der Waals surface area contributed by atoms with Crippen LogP contribution >= 0.6 is 0 Å². The van der Waals surface area contributed by atoms with Crippen LogP contribution < -0.4 is 10.1 Å². The number of rotatable bonds is 6. The summed E-state index contributed by atoms with van der Waals surface area (Å²) >= 11 is 0. The van der Waals surface area contributed by atoms with Gasteiger partial charge in [-0.15, -0.1) is 0 Å². The summed E-state index contributed by atoms with van der Waals surface area (Å²) in [6, 6.07) is 17.3. The number of hydrogen-bond acceptors (Lipinski definition) is 2. The standard InChI is InChI=1S/C21H25NO/c1-3-17-11-12-21(23-15-19-10-7-13-22-19)20(14-17)16(2)18-8-5-4-6-9-18/h4-6,8-9,11-12,14,19,22H,2-3,7,10,13,15H2,1H3. The van der Waals surface area contributed by atoms with E-state index in [-0.39, 0.29) is 0 Å². The fraction of sp³-hybridized carbons (Fsp3) is 0.333. The lowest BCUT2D eigenvalue weighted by Gasteiger charge is -2.17. The van der Waals surface area contributed by atoms with Crippen LogP contribution in [0.15, 0.2) is 55.1 Å². The SMILES string of the molecule is C=C(c1ccccc1)c1cc(CC)ccc1OCC1CCCN1. The van der Waals surface area contributed by atoms with E-state index in [0.717, 1.165) is 42.0 Å². The van der Waals surface area contributed by atoms with Crippen molar-refractivity contribution in [2.24, 2.45) is 0 Å². The average Bonchev–Trinajstić information content (AvgIpc) is 3.13. The van der Waals surface area contributed by atoms with E-state index in [4.69, 9.17) is 4.74 Å². The van der Waals surface area contributed by atoms with Gasteiger partial charge in [0, 0.05) is 11.6 Å². The number of aryl methyl sites for hydroxylation is 1. The van der Waals surface area contributed by atoms with Crippen LogP contribution in [-0.4, -0.2) is 19.2 Å². The minimum atomic E-state index is 0.471. The van der Waals surface area contributed by atoms with E-state index in [1.54, 1.807) is 0 Å². The fourth-order valence-electron chi connectivity index (χ4n) is 3.04. The molecule has 0 spiro atoms. The van der Waals surface area contributed by atoms with Gasteiger partial charge >= 0.3 is 0 Å². The highest BCUT2D eigenvalue weighted by Crippen LogP contribution is 2.31. The normalized spacial score (nSPS) is 17.2. The molecular weight excluding hydrogens is 282 g/mol. The summed E-state index contributed by atoms with van der Waals surface area (Å²) in [7, 11) is 0. The minimum Gasteiger partial charge on any atom is -0.491 e. The molecule has 1 N–H and O–H groups in total. The van der Waals surface area contributed by atoms with Crippen molar-refractivity contribution in [3.8, 4) is 5.75 Å². The van der Waals surface area contributed by atoms with Crippen molar-refractivity contribution in [1.29, 1.82) is 0 Å². The fourth-order valence-corrected chi connectivity index (χ4v) is 3.04. The lowest BCUT2D eigenvalue weighted by molar-refractivity contribution is 0.276. The Morgan fingerprint density at radius 2 is 2.04 bits per heavy atom. The first-order valence-corrected chi connectivity index (χ1v) is 8.51. The molecule has 23 heavy (non-hydrogen) atoms. The second-order valence-electron chi connectivity index (χ2n) is 6.13. The summed E-state index contributed by atoms with van der Waals surface area (Å²) < 4.78 is 6.14. The van der Waals surface area contributed by atoms with Crippen LogP contribution in [0.4, 0.5) is 0 Å². The van der Waals surface area contributed by atoms with Gasteiger partial charge in [0.15, 0.2) is 0 Å². The largest absolute Gasteiger partial charge is 0.491 e. The summed E-state index contributed by atoms with van der Waals surface area (Å²) in [5.41, 5.74) is 4.58. The highest BCUT2D eigenvalue weighted by atomic mass is 16.5. The smallest absolute Gasteiger partial charge is 0.127 e. The first kappa shape index (κ1) is 15.8. The molecule has 1 fully saturated rings. The maximum atomic E-state index is 6.14. The Morgan fingerprint density at radius 1 is 1.22 bits per heavy atom. The highest BCUT2D eigenvalue weighted by Gasteiger charge is 2.16. The van der Waals surface area contributed by atoms with E-state index in [2.05, 4.69) is 49.2 Å². The first-order valence-electron chi connectivity index (χ1n) is 8.51. The van der Waals surface area contributed by atoms with Crippen molar-refractivity contribution in [1.82, 2.24) is 5.32 Å². The molecule has 0 amide bonds. The van der Waals surface area contributed by atoms with E-state index in [1.807, 2.05) is 18.2 Å². The molecule has 1 saturated heterocycles. The van der Waals surface area contributed by atoms with Crippen LogP contribution in [-0.2, 0) is 6.42 Å². The quantitative estimate of drug-likeness (QED) is 0.852. The molecule has 1 aliphatic heterocycles. The molecule has 2 aromatic rings. The lowest BCUT2D eigenvalue weighted by atomic mass is 9.96. The zero-order valence-corrected chi connectivity index (χ0v) is 13.8. The molecule has 2 nitrogen and oxygen atoms in total. The monoisotopic (exact) mass is 307 g/mol. The zero-order chi connectivity index (χ0) is 16.1.